The van der Waals surface area contributed by atoms with Gasteiger partial charge in [0.05, 0.1) is 0 Å². The Kier molecular flexibility index (Phi) is 5.89. The van der Waals surface area contributed by atoms with Gasteiger partial charge in [-0.25, -0.2) is 4.98 Å². The second-order valence-electron chi connectivity index (χ2n) is 4.61. The lowest BCUT2D eigenvalue weighted by Crippen LogP contribution is -2.26. The number of hydrogen-bond acceptors (Lipinski definition) is 4. The van der Waals surface area contributed by atoms with Crippen LogP contribution < -0.4 is 9.80 Å². The van der Waals surface area contributed by atoms with E-state index in [1.807, 2.05) is 6.92 Å². The summed E-state index contributed by atoms with van der Waals surface area (Å²) in [5.74, 6) is 1.87. The Balaban J connectivity index is 2.92. The summed E-state index contributed by atoms with van der Waals surface area (Å²) >= 11 is 0. The molecule has 102 valence electrons. The standard InChI is InChI=1S/C14H26N4/c1-6-9-10-17(5)14-15-12(4)11-13(16-14)18(7-2)8-3/h11H,6-10H2,1-5H3. The minimum absolute atomic E-state index is 0.838. The average Bonchev–Trinajstić information content (AvgIpc) is 2.36. The number of aryl methyl sites for hydroxylation is 1. The van der Waals surface area contributed by atoms with Crippen molar-refractivity contribution in [2.45, 2.75) is 40.5 Å². The minimum Gasteiger partial charge on any atom is -0.357 e. The van der Waals surface area contributed by atoms with Crippen LogP contribution in [0.4, 0.5) is 11.8 Å². The fraction of sp³-hybridized carbons (Fsp3) is 0.714. The Morgan fingerprint density at radius 3 is 2.33 bits per heavy atom. The van der Waals surface area contributed by atoms with Crippen LogP contribution in [0.1, 0.15) is 39.3 Å². The number of unbranched alkanes of at least 4 members (excludes halogenated alkanes) is 1. The first-order valence-corrected chi connectivity index (χ1v) is 6.94. The molecule has 18 heavy (non-hydrogen) atoms. The van der Waals surface area contributed by atoms with Crippen LogP contribution in [0.3, 0.4) is 0 Å². The molecule has 1 rings (SSSR count). The lowest BCUT2D eigenvalue weighted by atomic mass is 10.3. The van der Waals surface area contributed by atoms with Gasteiger partial charge in [0.15, 0.2) is 0 Å². The maximum Gasteiger partial charge on any atom is 0.227 e. The van der Waals surface area contributed by atoms with E-state index in [0.29, 0.717) is 0 Å². The first-order valence-electron chi connectivity index (χ1n) is 6.94. The van der Waals surface area contributed by atoms with E-state index in [1.54, 1.807) is 0 Å². The zero-order chi connectivity index (χ0) is 13.5. The molecule has 4 nitrogen and oxygen atoms in total. The number of hydrogen-bond donors (Lipinski definition) is 0. The van der Waals surface area contributed by atoms with Crippen LogP contribution in [0, 0.1) is 6.92 Å². The summed E-state index contributed by atoms with van der Waals surface area (Å²) in [6, 6.07) is 2.06. The van der Waals surface area contributed by atoms with Crippen molar-refractivity contribution in [3.8, 4) is 0 Å². The number of nitrogens with zero attached hydrogens (tertiary/aromatic N) is 4. The summed E-state index contributed by atoms with van der Waals surface area (Å²) in [4.78, 5) is 13.6. The third-order valence-corrected chi connectivity index (χ3v) is 3.10. The fourth-order valence-corrected chi connectivity index (χ4v) is 1.91. The molecule has 0 aliphatic rings. The second kappa shape index (κ2) is 7.19. The van der Waals surface area contributed by atoms with Crippen molar-refractivity contribution in [2.24, 2.45) is 0 Å². The Bertz CT molecular complexity index is 361. The first kappa shape index (κ1) is 14.7. The molecule has 0 aliphatic carbocycles. The topological polar surface area (TPSA) is 32.3 Å². The van der Waals surface area contributed by atoms with Gasteiger partial charge in [0.25, 0.3) is 0 Å². The van der Waals surface area contributed by atoms with Crippen LogP contribution in [-0.4, -0.2) is 36.6 Å². The molecule has 0 saturated heterocycles. The maximum atomic E-state index is 4.67. The van der Waals surface area contributed by atoms with Crippen molar-refractivity contribution in [1.82, 2.24) is 9.97 Å². The summed E-state index contributed by atoms with van der Waals surface area (Å²) in [5.41, 5.74) is 1.03. The van der Waals surface area contributed by atoms with Gasteiger partial charge < -0.3 is 9.80 Å². The maximum absolute atomic E-state index is 4.67. The highest BCUT2D eigenvalue weighted by Gasteiger charge is 2.10. The molecule has 0 aromatic carbocycles. The van der Waals surface area contributed by atoms with Gasteiger partial charge in [0.1, 0.15) is 5.82 Å². The van der Waals surface area contributed by atoms with Gasteiger partial charge in [-0.3, -0.25) is 0 Å². The van der Waals surface area contributed by atoms with E-state index in [-0.39, 0.29) is 0 Å². The molecular formula is C14H26N4. The molecule has 0 radical (unpaired) electrons. The predicted octanol–water partition coefficient (Wildman–Crippen LogP) is 2.87. The van der Waals surface area contributed by atoms with Crippen LogP contribution in [-0.2, 0) is 0 Å². The van der Waals surface area contributed by atoms with Crippen molar-refractivity contribution in [3.63, 3.8) is 0 Å². The molecule has 0 spiro atoms. The summed E-state index contributed by atoms with van der Waals surface area (Å²) in [6.07, 6.45) is 2.37. The zero-order valence-electron chi connectivity index (χ0n) is 12.4. The molecular weight excluding hydrogens is 224 g/mol. The second-order valence-corrected chi connectivity index (χ2v) is 4.61. The number of rotatable bonds is 7. The lowest BCUT2D eigenvalue weighted by Gasteiger charge is -2.23. The Hall–Kier alpha value is -1.32. The first-order chi connectivity index (χ1) is 8.62. The molecule has 1 aromatic rings. The summed E-state index contributed by atoms with van der Waals surface area (Å²) in [6.45, 7) is 11.5. The predicted molar refractivity (Wildman–Crippen MR) is 78.5 cm³/mol. The molecule has 0 saturated carbocycles. The normalized spacial score (nSPS) is 10.5. The Labute approximate surface area is 111 Å². The largest absolute Gasteiger partial charge is 0.357 e. The van der Waals surface area contributed by atoms with Crippen molar-refractivity contribution in [2.75, 3.05) is 36.5 Å². The number of anilines is 2. The molecule has 0 amide bonds. The highest BCUT2D eigenvalue weighted by molar-refractivity contribution is 5.45. The van der Waals surface area contributed by atoms with Crippen molar-refractivity contribution in [1.29, 1.82) is 0 Å². The molecule has 0 fully saturated rings. The summed E-state index contributed by atoms with van der Waals surface area (Å²) in [5, 5.41) is 0. The van der Waals surface area contributed by atoms with Crippen LogP contribution in [0.25, 0.3) is 0 Å². The van der Waals surface area contributed by atoms with Gasteiger partial charge in [-0.1, -0.05) is 13.3 Å². The fourth-order valence-electron chi connectivity index (χ4n) is 1.91. The van der Waals surface area contributed by atoms with E-state index < -0.39 is 0 Å². The van der Waals surface area contributed by atoms with Gasteiger partial charge in [-0.2, -0.15) is 4.98 Å². The van der Waals surface area contributed by atoms with Crippen molar-refractivity contribution < 1.29 is 0 Å². The molecule has 0 bridgehead atoms. The minimum atomic E-state index is 0.838. The van der Waals surface area contributed by atoms with Gasteiger partial charge in [-0.05, 0) is 27.2 Å². The van der Waals surface area contributed by atoms with E-state index in [1.165, 1.54) is 12.8 Å². The van der Waals surface area contributed by atoms with E-state index in [4.69, 9.17) is 0 Å². The van der Waals surface area contributed by atoms with Crippen LogP contribution in [0.15, 0.2) is 6.07 Å². The molecule has 1 heterocycles. The zero-order valence-corrected chi connectivity index (χ0v) is 12.4. The SMILES string of the molecule is CCCCN(C)c1nc(C)cc(N(CC)CC)n1. The van der Waals surface area contributed by atoms with Gasteiger partial charge in [-0.15, -0.1) is 0 Å². The third-order valence-electron chi connectivity index (χ3n) is 3.10. The van der Waals surface area contributed by atoms with Gasteiger partial charge in [0.2, 0.25) is 5.95 Å². The third kappa shape index (κ3) is 3.86. The molecule has 1 aromatic heterocycles. The van der Waals surface area contributed by atoms with Gasteiger partial charge in [0, 0.05) is 38.4 Å². The Morgan fingerprint density at radius 2 is 1.78 bits per heavy atom. The number of aromatic nitrogens is 2. The van der Waals surface area contributed by atoms with Gasteiger partial charge >= 0.3 is 0 Å². The molecule has 4 heteroatoms. The van der Waals surface area contributed by atoms with Crippen LogP contribution >= 0.6 is 0 Å². The van der Waals surface area contributed by atoms with Crippen molar-refractivity contribution >= 4 is 11.8 Å². The molecule has 0 N–H and O–H groups in total. The molecule has 0 aliphatic heterocycles. The molecule has 0 unspecified atom stereocenters. The Morgan fingerprint density at radius 1 is 1.11 bits per heavy atom. The summed E-state index contributed by atoms with van der Waals surface area (Å²) in [7, 11) is 2.07. The quantitative estimate of drug-likeness (QED) is 0.745. The highest BCUT2D eigenvalue weighted by atomic mass is 15.3. The lowest BCUT2D eigenvalue weighted by molar-refractivity contribution is 0.744. The monoisotopic (exact) mass is 250 g/mol. The van der Waals surface area contributed by atoms with Crippen molar-refractivity contribution in [3.05, 3.63) is 11.8 Å². The smallest absolute Gasteiger partial charge is 0.227 e. The van der Waals surface area contributed by atoms with Crippen LogP contribution in [0.5, 0.6) is 0 Å². The highest BCUT2D eigenvalue weighted by Crippen LogP contribution is 2.16. The average molecular weight is 250 g/mol. The van der Waals surface area contributed by atoms with Crippen LogP contribution in [0.2, 0.25) is 0 Å². The van der Waals surface area contributed by atoms with E-state index in [2.05, 4.69) is 53.7 Å². The van der Waals surface area contributed by atoms with E-state index in [9.17, 15) is 0 Å². The summed E-state index contributed by atoms with van der Waals surface area (Å²) < 4.78 is 0. The van der Waals surface area contributed by atoms with E-state index in [0.717, 1.165) is 37.1 Å². The molecule has 0 atom stereocenters. The van der Waals surface area contributed by atoms with E-state index >= 15 is 0 Å².